The zero-order valence-electron chi connectivity index (χ0n) is 28.6. The van der Waals surface area contributed by atoms with Gasteiger partial charge in [-0.1, -0.05) is 97.1 Å². The highest BCUT2D eigenvalue weighted by atomic mass is 19.1. The minimum absolute atomic E-state index is 0.205. The number of anilines is 6. The van der Waals surface area contributed by atoms with Crippen LogP contribution in [0.2, 0.25) is 0 Å². The van der Waals surface area contributed by atoms with E-state index < -0.39 is 23.3 Å². The monoisotopic (exact) mass is 708 g/mol. The molecule has 10 aromatic carbocycles. The van der Waals surface area contributed by atoms with E-state index in [1.165, 1.54) is 24.3 Å². The van der Waals surface area contributed by atoms with Crippen molar-refractivity contribution in [2.45, 2.75) is 0 Å². The van der Waals surface area contributed by atoms with Crippen molar-refractivity contribution in [1.82, 2.24) is 0 Å². The summed E-state index contributed by atoms with van der Waals surface area (Å²) >= 11 is 0. The van der Waals surface area contributed by atoms with E-state index >= 15 is 8.78 Å². The maximum Gasteiger partial charge on any atom is 0.150 e. The van der Waals surface area contributed by atoms with E-state index in [9.17, 15) is 8.78 Å². The molecule has 54 heavy (non-hydrogen) atoms. The van der Waals surface area contributed by atoms with Gasteiger partial charge in [-0.2, -0.15) is 0 Å². The Bertz CT molecular complexity index is 2880. The Balaban J connectivity index is 1.25. The molecule has 0 aliphatic carbocycles. The number of fused-ring (bicyclic) bond motifs is 2. The van der Waals surface area contributed by atoms with Gasteiger partial charge in [0, 0.05) is 34.3 Å². The fourth-order valence-electron chi connectivity index (χ4n) is 7.93. The average molecular weight is 709 g/mol. The third kappa shape index (κ3) is 5.10. The van der Waals surface area contributed by atoms with Gasteiger partial charge in [0.05, 0.1) is 22.7 Å². The van der Waals surface area contributed by atoms with Gasteiger partial charge in [0.1, 0.15) is 23.3 Å². The lowest BCUT2D eigenvalue weighted by Crippen LogP contribution is -2.13. The lowest BCUT2D eigenvalue weighted by molar-refractivity contribution is 0.583. The molecule has 2 nitrogen and oxygen atoms in total. The van der Waals surface area contributed by atoms with Crippen LogP contribution in [0.25, 0.3) is 53.9 Å². The molecule has 0 atom stereocenters. The van der Waals surface area contributed by atoms with Crippen molar-refractivity contribution in [3.05, 3.63) is 193 Å². The summed E-state index contributed by atoms with van der Waals surface area (Å²) in [5.74, 6) is -2.70. The van der Waals surface area contributed by atoms with Crippen molar-refractivity contribution < 1.29 is 17.6 Å². The fourth-order valence-corrected chi connectivity index (χ4v) is 7.93. The smallest absolute Gasteiger partial charge is 0.150 e. The normalized spacial score (nSPS) is 11.7. The molecule has 10 rings (SSSR count). The van der Waals surface area contributed by atoms with Crippen molar-refractivity contribution in [2.24, 2.45) is 0 Å². The third-order valence-corrected chi connectivity index (χ3v) is 10.4. The van der Waals surface area contributed by atoms with E-state index in [2.05, 4.69) is 0 Å². The number of benzene rings is 10. The van der Waals surface area contributed by atoms with Gasteiger partial charge < -0.3 is 9.80 Å². The Morgan fingerprint density at radius 1 is 0.296 bits per heavy atom. The van der Waals surface area contributed by atoms with Gasteiger partial charge in [0.2, 0.25) is 0 Å². The maximum atomic E-state index is 15.9. The van der Waals surface area contributed by atoms with Crippen LogP contribution in [0.5, 0.6) is 0 Å². The molecular weight excluding hydrogens is 681 g/mol. The van der Waals surface area contributed by atoms with Crippen molar-refractivity contribution in [3.8, 4) is 0 Å². The van der Waals surface area contributed by atoms with E-state index in [1.807, 2.05) is 143 Å². The summed E-state index contributed by atoms with van der Waals surface area (Å²) in [6.07, 6.45) is 0. The van der Waals surface area contributed by atoms with Crippen LogP contribution < -0.4 is 9.80 Å². The molecule has 6 heteroatoms. The highest BCUT2D eigenvalue weighted by molar-refractivity contribution is 6.28. The van der Waals surface area contributed by atoms with Crippen molar-refractivity contribution in [2.75, 3.05) is 9.80 Å². The number of hydrogen-bond donors (Lipinski definition) is 0. The minimum atomic E-state index is -0.691. The zero-order valence-corrected chi connectivity index (χ0v) is 28.6. The van der Waals surface area contributed by atoms with Gasteiger partial charge in [-0.3, -0.25) is 0 Å². The number of halogens is 4. The highest BCUT2D eigenvalue weighted by Crippen LogP contribution is 2.48. The Hall–Kier alpha value is -6.92. The van der Waals surface area contributed by atoms with Gasteiger partial charge in [-0.25, -0.2) is 17.6 Å². The quantitative estimate of drug-likeness (QED) is 0.125. The van der Waals surface area contributed by atoms with Crippen LogP contribution in [0, 0.1) is 23.3 Å². The molecule has 0 N–H and O–H groups in total. The molecular formula is C48H28F4N2. The molecule has 0 saturated carbocycles. The second kappa shape index (κ2) is 12.3. The second-order valence-corrected chi connectivity index (χ2v) is 13.5. The molecule has 0 aliphatic heterocycles. The Kier molecular flexibility index (Phi) is 7.27. The lowest BCUT2D eigenvalue weighted by Gasteiger charge is -2.30. The molecule has 0 bridgehead atoms. The minimum Gasteiger partial charge on any atom is -0.307 e. The first-order valence-electron chi connectivity index (χ1n) is 17.6. The van der Waals surface area contributed by atoms with Gasteiger partial charge in [-0.15, -0.1) is 0 Å². The Morgan fingerprint density at radius 3 is 1.09 bits per heavy atom. The molecule has 258 valence electrons. The Morgan fingerprint density at radius 2 is 0.667 bits per heavy atom. The van der Waals surface area contributed by atoms with Crippen molar-refractivity contribution in [3.63, 3.8) is 0 Å². The van der Waals surface area contributed by atoms with E-state index in [4.69, 9.17) is 0 Å². The molecule has 0 fully saturated rings. The first-order valence-corrected chi connectivity index (χ1v) is 17.6. The summed E-state index contributed by atoms with van der Waals surface area (Å²) in [5.41, 5.74) is 3.25. The first-order chi connectivity index (χ1) is 26.4. The van der Waals surface area contributed by atoms with Crippen LogP contribution in [0.3, 0.4) is 0 Å². The van der Waals surface area contributed by atoms with Crippen LogP contribution in [-0.2, 0) is 0 Å². The zero-order chi connectivity index (χ0) is 36.5. The molecule has 0 heterocycles. The highest BCUT2D eigenvalue weighted by Gasteiger charge is 2.24. The summed E-state index contributed by atoms with van der Waals surface area (Å²) in [4.78, 5) is 3.67. The maximum absolute atomic E-state index is 15.9. The van der Waals surface area contributed by atoms with Crippen LogP contribution in [-0.4, -0.2) is 0 Å². The molecule has 0 saturated heterocycles. The van der Waals surface area contributed by atoms with E-state index in [0.29, 0.717) is 22.7 Å². The summed E-state index contributed by atoms with van der Waals surface area (Å²) in [6.45, 7) is 0. The van der Waals surface area contributed by atoms with E-state index in [0.717, 1.165) is 66.0 Å². The third-order valence-electron chi connectivity index (χ3n) is 10.4. The SMILES string of the molecule is Fc1ccc(N(c2ccc3ccccc3c2)c2ccc3ccc4c(N(c5ccc6ccccc6c5)c5ccc(F)cc5F)ccc5ccc2c3c54)c(F)c1. The fraction of sp³-hybridized carbons (Fsp3) is 0. The molecule has 0 aromatic heterocycles. The average Bonchev–Trinajstić information content (AvgIpc) is 3.19. The lowest BCUT2D eigenvalue weighted by atomic mass is 9.91. The number of hydrogen-bond acceptors (Lipinski definition) is 2. The largest absolute Gasteiger partial charge is 0.307 e. The topological polar surface area (TPSA) is 6.48 Å². The van der Waals surface area contributed by atoms with Crippen LogP contribution in [0.15, 0.2) is 170 Å². The first kappa shape index (κ1) is 31.8. The molecule has 0 amide bonds. The van der Waals surface area contributed by atoms with Crippen molar-refractivity contribution >= 4 is 88.0 Å². The van der Waals surface area contributed by atoms with Gasteiger partial charge in [0.15, 0.2) is 0 Å². The van der Waals surface area contributed by atoms with Crippen molar-refractivity contribution in [1.29, 1.82) is 0 Å². The van der Waals surface area contributed by atoms with Gasteiger partial charge in [-0.05, 0) is 104 Å². The van der Waals surface area contributed by atoms with Gasteiger partial charge in [0.25, 0.3) is 0 Å². The summed E-state index contributed by atoms with van der Waals surface area (Å²) in [7, 11) is 0. The summed E-state index contributed by atoms with van der Waals surface area (Å²) < 4.78 is 60.3. The number of rotatable bonds is 6. The summed E-state index contributed by atoms with van der Waals surface area (Å²) in [6, 6.07) is 51.2. The second-order valence-electron chi connectivity index (χ2n) is 13.5. The molecule has 10 aromatic rings. The standard InChI is InChI=1S/C48H28F4N2/c49-35-15-23-45(41(51)27-35)53(37-17-9-29-5-1-3-7-33(29)25-37)43-21-13-31-12-20-40-44(22-14-32-11-19-39(43)47(31)48(32)40)54(46-24-16-36(50)28-42(46)52)38-18-10-30-6-2-4-8-34(30)26-38/h1-28H. The number of nitrogens with zero attached hydrogens (tertiary/aromatic N) is 2. The molecule has 0 aliphatic rings. The molecule has 0 radical (unpaired) electrons. The summed E-state index contributed by atoms with van der Waals surface area (Å²) in [5, 5.41) is 9.55. The van der Waals surface area contributed by atoms with Crippen LogP contribution in [0.1, 0.15) is 0 Å². The molecule has 0 spiro atoms. The van der Waals surface area contributed by atoms with Crippen LogP contribution in [0.4, 0.5) is 51.7 Å². The van der Waals surface area contributed by atoms with Crippen LogP contribution >= 0.6 is 0 Å². The van der Waals surface area contributed by atoms with E-state index in [-0.39, 0.29) is 11.4 Å². The Labute approximate surface area is 307 Å². The van der Waals surface area contributed by atoms with Gasteiger partial charge >= 0.3 is 0 Å². The molecule has 0 unspecified atom stereocenters. The van der Waals surface area contributed by atoms with E-state index in [1.54, 1.807) is 0 Å². The predicted octanol–water partition coefficient (Wildman–Crippen LogP) is 14.4. The predicted molar refractivity (Wildman–Crippen MR) is 214 cm³/mol.